The molecular weight excluding hydrogens is 457 g/mol. The van der Waals surface area contributed by atoms with E-state index in [1.165, 1.54) is 38.2 Å². The van der Waals surface area contributed by atoms with Crippen LogP contribution in [0.5, 0.6) is 0 Å². The largest absolute Gasteiger partial charge is 0.416 e. The molecule has 1 heterocycles. The molecule has 0 amide bonds. The van der Waals surface area contributed by atoms with Crippen LogP contribution in [-0.2, 0) is 12.6 Å². The number of benzene rings is 1. The topological polar surface area (TPSA) is 45.8 Å². The van der Waals surface area contributed by atoms with E-state index < -0.39 is 11.7 Å². The third kappa shape index (κ3) is 7.89. The highest BCUT2D eigenvalue weighted by Crippen LogP contribution is 2.37. The molecule has 1 aliphatic carbocycles. The Bertz CT molecular complexity index is 965. The minimum Gasteiger partial charge on any atom is -0.301 e. The van der Waals surface area contributed by atoms with Gasteiger partial charge in [0.2, 0.25) is 0 Å². The first-order chi connectivity index (χ1) is 16.3. The maximum Gasteiger partial charge on any atom is 0.416 e. The van der Waals surface area contributed by atoms with Gasteiger partial charge in [-0.2, -0.15) is 13.2 Å². The Morgan fingerprint density at radius 1 is 1.06 bits per heavy atom. The van der Waals surface area contributed by atoms with Crippen LogP contribution in [0.3, 0.4) is 0 Å². The van der Waals surface area contributed by atoms with Crippen molar-refractivity contribution in [1.29, 1.82) is 0 Å². The normalized spacial score (nSPS) is 18.9. The van der Waals surface area contributed by atoms with Crippen molar-refractivity contribution in [2.24, 2.45) is 5.92 Å². The second kappa shape index (κ2) is 12.8. The minimum atomic E-state index is -4.40. The van der Waals surface area contributed by atoms with Crippen molar-refractivity contribution in [1.82, 2.24) is 9.97 Å². The second-order valence-electron chi connectivity index (χ2n) is 9.68. The summed E-state index contributed by atoms with van der Waals surface area (Å²) in [5.74, 6) is 1.75. The Hall–Kier alpha value is -1.76. The summed E-state index contributed by atoms with van der Waals surface area (Å²) in [5.41, 5.74) is 0.890. The van der Waals surface area contributed by atoms with E-state index in [2.05, 4.69) is 18.8 Å². The summed E-state index contributed by atoms with van der Waals surface area (Å²) in [6.45, 7) is 4.45. The van der Waals surface area contributed by atoms with Crippen molar-refractivity contribution in [2.45, 2.75) is 102 Å². The Morgan fingerprint density at radius 2 is 1.76 bits per heavy atom. The van der Waals surface area contributed by atoms with Gasteiger partial charge in [-0.05, 0) is 36.8 Å². The molecule has 0 atom stereocenters. The first kappa shape index (κ1) is 26.8. The molecule has 188 valence electrons. The lowest BCUT2D eigenvalue weighted by atomic mass is 9.80. The van der Waals surface area contributed by atoms with E-state index in [-0.39, 0.29) is 17.9 Å². The molecule has 1 aliphatic rings. The van der Waals surface area contributed by atoms with Gasteiger partial charge in [-0.15, -0.1) is 0 Å². The van der Waals surface area contributed by atoms with Crippen molar-refractivity contribution in [3.63, 3.8) is 0 Å². The summed E-state index contributed by atoms with van der Waals surface area (Å²) in [6, 6.07) is 5.28. The SMILES string of the molecule is CCCCCCCCSc1nc(C2CCC(C)CC2)c(Cc2cccc(C(F)(F)F)c2)c(=O)[nH]1. The average Bonchev–Trinajstić information content (AvgIpc) is 2.80. The molecule has 3 nitrogen and oxygen atoms in total. The van der Waals surface area contributed by atoms with Gasteiger partial charge in [0.1, 0.15) is 0 Å². The van der Waals surface area contributed by atoms with E-state index in [9.17, 15) is 18.0 Å². The number of H-pyrrole nitrogens is 1. The molecule has 34 heavy (non-hydrogen) atoms. The summed E-state index contributed by atoms with van der Waals surface area (Å²) in [7, 11) is 0. The summed E-state index contributed by atoms with van der Waals surface area (Å²) < 4.78 is 39.6. The van der Waals surface area contributed by atoms with Gasteiger partial charge in [0.25, 0.3) is 5.56 Å². The van der Waals surface area contributed by atoms with Crippen LogP contribution >= 0.6 is 11.8 Å². The van der Waals surface area contributed by atoms with Gasteiger partial charge in [-0.25, -0.2) is 4.98 Å². The summed E-state index contributed by atoms with van der Waals surface area (Å²) in [4.78, 5) is 20.9. The lowest BCUT2D eigenvalue weighted by molar-refractivity contribution is -0.137. The fourth-order valence-electron chi connectivity index (χ4n) is 4.72. The molecule has 2 aromatic rings. The number of alkyl halides is 3. The molecule has 3 rings (SSSR count). The van der Waals surface area contributed by atoms with Crippen molar-refractivity contribution in [3.05, 3.63) is 57.0 Å². The maximum atomic E-state index is 13.2. The zero-order chi connectivity index (χ0) is 24.6. The number of aromatic amines is 1. The fraction of sp³-hybridized carbons (Fsp3) is 0.630. The number of thioether (sulfide) groups is 1. The third-order valence-electron chi connectivity index (χ3n) is 6.80. The molecule has 0 radical (unpaired) electrons. The number of hydrogen-bond acceptors (Lipinski definition) is 3. The number of nitrogens with zero attached hydrogens (tertiary/aromatic N) is 1. The molecule has 0 bridgehead atoms. The minimum absolute atomic E-state index is 0.163. The van der Waals surface area contributed by atoms with Crippen LogP contribution in [0.2, 0.25) is 0 Å². The van der Waals surface area contributed by atoms with E-state index in [0.717, 1.165) is 55.7 Å². The molecule has 1 N–H and O–H groups in total. The Morgan fingerprint density at radius 3 is 2.47 bits per heavy atom. The smallest absolute Gasteiger partial charge is 0.301 e. The number of halogens is 3. The molecular formula is C27H37F3N2OS. The van der Waals surface area contributed by atoms with Gasteiger partial charge >= 0.3 is 6.18 Å². The third-order valence-corrected chi connectivity index (χ3v) is 7.76. The lowest BCUT2D eigenvalue weighted by Crippen LogP contribution is -2.23. The van der Waals surface area contributed by atoms with E-state index in [0.29, 0.717) is 22.2 Å². The zero-order valence-electron chi connectivity index (χ0n) is 20.3. The number of hydrogen-bond donors (Lipinski definition) is 1. The maximum absolute atomic E-state index is 13.2. The van der Waals surface area contributed by atoms with Crippen LogP contribution in [0, 0.1) is 5.92 Å². The van der Waals surface area contributed by atoms with Crippen LogP contribution in [0.1, 0.15) is 106 Å². The molecule has 1 saturated carbocycles. The first-order valence-corrected chi connectivity index (χ1v) is 13.7. The van der Waals surface area contributed by atoms with Gasteiger partial charge in [0.15, 0.2) is 5.16 Å². The predicted octanol–water partition coefficient (Wildman–Crippen LogP) is 8.13. The van der Waals surface area contributed by atoms with Crippen LogP contribution in [-0.4, -0.2) is 15.7 Å². The van der Waals surface area contributed by atoms with Crippen LogP contribution in [0.25, 0.3) is 0 Å². The highest BCUT2D eigenvalue weighted by Gasteiger charge is 2.31. The zero-order valence-corrected chi connectivity index (χ0v) is 21.2. The lowest BCUT2D eigenvalue weighted by Gasteiger charge is -2.27. The van der Waals surface area contributed by atoms with Crippen molar-refractivity contribution in [2.75, 3.05) is 5.75 Å². The molecule has 0 unspecified atom stereocenters. The van der Waals surface area contributed by atoms with Gasteiger partial charge in [0, 0.05) is 23.7 Å². The van der Waals surface area contributed by atoms with Crippen molar-refractivity contribution >= 4 is 11.8 Å². The molecule has 1 aromatic carbocycles. The summed E-state index contributed by atoms with van der Waals surface area (Å²) in [6.07, 6.45) is 7.14. The predicted molar refractivity (Wildman–Crippen MR) is 134 cm³/mol. The van der Waals surface area contributed by atoms with Gasteiger partial charge < -0.3 is 4.98 Å². The Balaban J connectivity index is 1.79. The molecule has 1 aromatic heterocycles. The number of unbranched alkanes of at least 4 members (excludes halogenated alkanes) is 5. The fourth-order valence-corrected chi connectivity index (χ4v) is 5.59. The molecule has 1 fully saturated rings. The van der Waals surface area contributed by atoms with Gasteiger partial charge in [0.05, 0.1) is 11.3 Å². The van der Waals surface area contributed by atoms with Gasteiger partial charge in [-0.1, -0.05) is 88.8 Å². The van der Waals surface area contributed by atoms with Crippen LogP contribution < -0.4 is 5.56 Å². The van der Waals surface area contributed by atoms with Crippen LogP contribution in [0.15, 0.2) is 34.2 Å². The monoisotopic (exact) mass is 494 g/mol. The number of nitrogens with one attached hydrogen (secondary N) is 1. The Kier molecular flexibility index (Phi) is 10.1. The summed E-state index contributed by atoms with van der Waals surface area (Å²) in [5, 5.41) is 0.639. The quantitative estimate of drug-likeness (QED) is 0.195. The van der Waals surface area contributed by atoms with Crippen LogP contribution in [0.4, 0.5) is 13.2 Å². The van der Waals surface area contributed by atoms with E-state index in [1.54, 1.807) is 17.8 Å². The molecule has 0 saturated heterocycles. The number of rotatable bonds is 11. The molecule has 0 spiro atoms. The van der Waals surface area contributed by atoms with E-state index in [4.69, 9.17) is 4.98 Å². The van der Waals surface area contributed by atoms with E-state index >= 15 is 0 Å². The summed E-state index contributed by atoms with van der Waals surface area (Å²) >= 11 is 1.58. The first-order valence-electron chi connectivity index (χ1n) is 12.7. The number of aromatic nitrogens is 2. The van der Waals surface area contributed by atoms with Crippen molar-refractivity contribution in [3.8, 4) is 0 Å². The van der Waals surface area contributed by atoms with Gasteiger partial charge in [-0.3, -0.25) is 4.79 Å². The van der Waals surface area contributed by atoms with E-state index in [1.807, 2.05) is 0 Å². The average molecular weight is 495 g/mol. The highest BCUT2D eigenvalue weighted by atomic mass is 32.2. The Labute approximate surface area is 205 Å². The second-order valence-corrected chi connectivity index (χ2v) is 10.8. The molecule has 7 heteroatoms. The standard InChI is InChI=1S/C27H37F3N2OS/c1-3-4-5-6-7-8-16-34-26-31-24(21-14-12-19(2)13-15-21)23(25(33)32-26)18-20-10-9-11-22(17-20)27(28,29)30/h9-11,17,19,21H,3-8,12-16,18H2,1-2H3,(H,31,32,33). The highest BCUT2D eigenvalue weighted by molar-refractivity contribution is 7.99. The molecule has 0 aliphatic heterocycles. The van der Waals surface area contributed by atoms with Crippen molar-refractivity contribution < 1.29 is 13.2 Å².